The second-order valence-corrected chi connectivity index (χ2v) is 4.70. The van der Waals surface area contributed by atoms with Gasteiger partial charge in [0.2, 0.25) is 0 Å². The Morgan fingerprint density at radius 3 is 2.87 bits per heavy atom. The average molecular weight is 321 g/mol. The molecule has 0 aliphatic carbocycles. The van der Waals surface area contributed by atoms with E-state index < -0.39 is 0 Å². The van der Waals surface area contributed by atoms with Gasteiger partial charge in [-0.1, -0.05) is 0 Å². The number of halogens is 1. The van der Waals surface area contributed by atoms with Gasteiger partial charge in [-0.05, 0) is 36.4 Å². The van der Waals surface area contributed by atoms with Crippen LogP contribution in [0.1, 0.15) is 13.8 Å². The van der Waals surface area contributed by atoms with Gasteiger partial charge in [-0.3, -0.25) is 0 Å². The third kappa shape index (κ3) is 4.29. The quantitative estimate of drug-likeness (QED) is 0.777. The summed E-state index contributed by atoms with van der Waals surface area (Å²) in [6.07, 6.45) is 3.66. The molecule has 1 aromatic rings. The summed E-state index contributed by atoms with van der Waals surface area (Å²) in [6.45, 7) is 5.63. The van der Waals surface area contributed by atoms with Crippen LogP contribution in [0.2, 0.25) is 0 Å². The van der Waals surface area contributed by atoms with Gasteiger partial charge in [0.25, 0.3) is 0 Å². The maximum atomic E-state index is 5.49. The molecule has 1 aromatic heterocycles. The molecule has 0 saturated heterocycles. The Bertz CT molecular complexity index is 306. The molecule has 0 amide bonds. The minimum absolute atomic E-state index is 0.280. The molecule has 0 N–H and O–H groups in total. The predicted octanol–water partition coefficient (Wildman–Crippen LogP) is 1.94. The Kier molecular flexibility index (Phi) is 5.24. The first-order valence-electron chi connectivity index (χ1n) is 4.89. The summed E-state index contributed by atoms with van der Waals surface area (Å²) in [7, 11) is 2.01. The first-order valence-corrected chi connectivity index (χ1v) is 5.97. The Balaban J connectivity index is 2.47. The van der Waals surface area contributed by atoms with E-state index in [1.165, 1.54) is 0 Å². The fourth-order valence-electron chi connectivity index (χ4n) is 1.12. The maximum Gasteiger partial charge on any atom is 0.145 e. The summed E-state index contributed by atoms with van der Waals surface area (Å²) in [6, 6.07) is 0. The Morgan fingerprint density at radius 1 is 1.53 bits per heavy atom. The van der Waals surface area contributed by atoms with Crippen molar-refractivity contribution in [3.8, 4) is 0 Å². The topological polar surface area (TPSA) is 38.2 Å². The molecule has 5 heteroatoms. The first kappa shape index (κ1) is 12.6. The maximum absolute atomic E-state index is 5.49. The lowest BCUT2D eigenvalue weighted by Gasteiger charge is -2.19. The number of ether oxygens (including phenoxy) is 1. The Morgan fingerprint density at radius 2 is 2.27 bits per heavy atom. The summed E-state index contributed by atoms with van der Waals surface area (Å²) < 4.78 is 6.54. The number of likely N-dealkylation sites (N-methyl/N-ethyl adjacent to an activating group) is 1. The van der Waals surface area contributed by atoms with Gasteiger partial charge in [-0.2, -0.15) is 0 Å². The van der Waals surface area contributed by atoms with Crippen molar-refractivity contribution in [1.82, 2.24) is 9.97 Å². The highest BCUT2D eigenvalue weighted by Crippen LogP contribution is 2.15. The van der Waals surface area contributed by atoms with Crippen LogP contribution in [-0.4, -0.2) is 36.3 Å². The van der Waals surface area contributed by atoms with Gasteiger partial charge in [0.15, 0.2) is 0 Å². The zero-order valence-corrected chi connectivity index (χ0v) is 11.4. The van der Waals surface area contributed by atoms with Gasteiger partial charge in [0.05, 0.1) is 16.3 Å². The number of hydrogen-bond acceptors (Lipinski definition) is 4. The van der Waals surface area contributed by atoms with Crippen LogP contribution < -0.4 is 4.90 Å². The fourth-order valence-corrected chi connectivity index (χ4v) is 1.83. The van der Waals surface area contributed by atoms with Crippen LogP contribution >= 0.6 is 22.6 Å². The number of anilines is 1. The molecule has 1 heterocycles. The second kappa shape index (κ2) is 6.22. The van der Waals surface area contributed by atoms with Crippen molar-refractivity contribution in [2.24, 2.45) is 0 Å². The lowest BCUT2D eigenvalue weighted by Crippen LogP contribution is -2.25. The Hall–Kier alpha value is -0.430. The molecule has 0 aliphatic heterocycles. The minimum atomic E-state index is 0.280. The highest BCUT2D eigenvalue weighted by atomic mass is 127. The lowest BCUT2D eigenvalue weighted by atomic mass is 10.4. The monoisotopic (exact) mass is 321 g/mol. The first-order chi connectivity index (χ1) is 7.11. The lowest BCUT2D eigenvalue weighted by molar-refractivity contribution is 0.0845. The van der Waals surface area contributed by atoms with E-state index in [-0.39, 0.29) is 6.10 Å². The smallest absolute Gasteiger partial charge is 0.145 e. The van der Waals surface area contributed by atoms with Crippen molar-refractivity contribution >= 4 is 28.4 Å². The van der Waals surface area contributed by atoms with Crippen molar-refractivity contribution in [3.63, 3.8) is 0 Å². The molecular weight excluding hydrogens is 305 g/mol. The second-order valence-electron chi connectivity index (χ2n) is 3.54. The minimum Gasteiger partial charge on any atom is -0.377 e. The van der Waals surface area contributed by atoms with E-state index in [0.29, 0.717) is 6.61 Å². The molecule has 0 atom stereocenters. The van der Waals surface area contributed by atoms with Crippen LogP contribution in [0.5, 0.6) is 0 Å². The summed E-state index contributed by atoms with van der Waals surface area (Å²) in [5.74, 6) is 0.956. The third-order valence-corrected chi connectivity index (χ3v) is 2.65. The standard InChI is InChI=1S/C10H16IN3O/c1-8(2)15-5-4-14(3)10-9(11)6-12-7-13-10/h6-8H,4-5H2,1-3H3. The van der Waals surface area contributed by atoms with Gasteiger partial charge in [0, 0.05) is 19.8 Å². The Labute approximate surface area is 104 Å². The van der Waals surface area contributed by atoms with Crippen LogP contribution in [-0.2, 0) is 4.74 Å². The van der Waals surface area contributed by atoms with Gasteiger partial charge in [-0.25, -0.2) is 9.97 Å². The molecule has 0 spiro atoms. The van der Waals surface area contributed by atoms with Gasteiger partial charge in [-0.15, -0.1) is 0 Å². The predicted molar refractivity (Wildman–Crippen MR) is 69.1 cm³/mol. The third-order valence-electron chi connectivity index (χ3n) is 1.89. The summed E-state index contributed by atoms with van der Waals surface area (Å²) >= 11 is 2.23. The van der Waals surface area contributed by atoms with Crippen molar-refractivity contribution in [2.45, 2.75) is 20.0 Å². The van der Waals surface area contributed by atoms with E-state index in [2.05, 4.69) is 37.5 Å². The highest BCUT2D eigenvalue weighted by Gasteiger charge is 2.06. The van der Waals surface area contributed by atoms with E-state index in [4.69, 9.17) is 4.74 Å². The van der Waals surface area contributed by atoms with Crippen LogP contribution in [0.15, 0.2) is 12.5 Å². The molecule has 84 valence electrons. The van der Waals surface area contributed by atoms with E-state index in [0.717, 1.165) is 15.9 Å². The molecule has 0 bridgehead atoms. The fraction of sp³-hybridized carbons (Fsp3) is 0.600. The normalized spacial score (nSPS) is 10.7. The molecular formula is C10H16IN3O. The molecule has 0 aromatic carbocycles. The zero-order chi connectivity index (χ0) is 11.3. The van der Waals surface area contributed by atoms with E-state index in [1.807, 2.05) is 27.1 Å². The molecule has 15 heavy (non-hydrogen) atoms. The van der Waals surface area contributed by atoms with Gasteiger partial charge < -0.3 is 9.64 Å². The number of nitrogens with zero attached hydrogens (tertiary/aromatic N) is 3. The van der Waals surface area contributed by atoms with E-state index >= 15 is 0 Å². The van der Waals surface area contributed by atoms with E-state index in [1.54, 1.807) is 6.33 Å². The van der Waals surface area contributed by atoms with Crippen molar-refractivity contribution in [1.29, 1.82) is 0 Å². The molecule has 0 unspecified atom stereocenters. The highest BCUT2D eigenvalue weighted by molar-refractivity contribution is 14.1. The van der Waals surface area contributed by atoms with Crippen molar-refractivity contribution < 1.29 is 4.74 Å². The van der Waals surface area contributed by atoms with Crippen LogP contribution in [0, 0.1) is 3.57 Å². The van der Waals surface area contributed by atoms with Crippen LogP contribution in [0.25, 0.3) is 0 Å². The van der Waals surface area contributed by atoms with Crippen LogP contribution in [0.3, 0.4) is 0 Å². The summed E-state index contributed by atoms with van der Waals surface area (Å²) in [4.78, 5) is 10.3. The van der Waals surface area contributed by atoms with Crippen molar-refractivity contribution in [2.75, 3.05) is 25.1 Å². The SMILES string of the molecule is CC(C)OCCN(C)c1ncncc1I. The van der Waals surface area contributed by atoms with E-state index in [9.17, 15) is 0 Å². The molecule has 0 saturated carbocycles. The average Bonchev–Trinajstić information content (AvgIpc) is 2.17. The number of aromatic nitrogens is 2. The molecule has 0 fully saturated rings. The van der Waals surface area contributed by atoms with Crippen LogP contribution in [0.4, 0.5) is 5.82 Å². The van der Waals surface area contributed by atoms with Gasteiger partial charge in [0.1, 0.15) is 12.1 Å². The zero-order valence-electron chi connectivity index (χ0n) is 9.27. The summed E-state index contributed by atoms with van der Waals surface area (Å²) in [5.41, 5.74) is 0. The number of rotatable bonds is 5. The molecule has 0 radical (unpaired) electrons. The number of hydrogen-bond donors (Lipinski definition) is 0. The largest absolute Gasteiger partial charge is 0.377 e. The van der Waals surface area contributed by atoms with Crippen molar-refractivity contribution in [3.05, 3.63) is 16.1 Å². The van der Waals surface area contributed by atoms with Gasteiger partial charge >= 0.3 is 0 Å². The molecule has 4 nitrogen and oxygen atoms in total. The summed E-state index contributed by atoms with van der Waals surface area (Å²) in [5, 5.41) is 0. The molecule has 1 rings (SSSR count). The molecule has 0 aliphatic rings.